The highest BCUT2D eigenvalue weighted by Gasteiger charge is 2.02. The van der Waals surface area contributed by atoms with Gasteiger partial charge in [-0.2, -0.15) is 0 Å². The van der Waals surface area contributed by atoms with Crippen molar-refractivity contribution >= 4 is 0 Å². The molecular formula is C10H21N. The molecule has 66 valence electrons. The largest absolute Gasteiger partial charge is 0.311 e. The fourth-order valence-electron chi connectivity index (χ4n) is 1.01. The van der Waals surface area contributed by atoms with Gasteiger partial charge in [-0.1, -0.05) is 19.1 Å². The minimum absolute atomic E-state index is 0.612. The highest BCUT2D eigenvalue weighted by molar-refractivity contribution is 4.82. The van der Waals surface area contributed by atoms with Gasteiger partial charge >= 0.3 is 0 Å². The molecule has 11 heavy (non-hydrogen) atoms. The van der Waals surface area contributed by atoms with E-state index >= 15 is 0 Å². The fraction of sp³-hybridized carbons (Fsp3) is 0.800. The van der Waals surface area contributed by atoms with E-state index < -0.39 is 0 Å². The third kappa shape index (κ3) is 6.11. The minimum atomic E-state index is 0.612. The number of rotatable bonds is 5. The van der Waals surface area contributed by atoms with E-state index in [1.807, 2.05) is 0 Å². The summed E-state index contributed by atoms with van der Waals surface area (Å²) in [5, 5.41) is 3.51. The zero-order chi connectivity index (χ0) is 8.69. The van der Waals surface area contributed by atoms with Crippen molar-refractivity contribution in [2.75, 3.05) is 0 Å². The van der Waals surface area contributed by atoms with Crippen molar-refractivity contribution in [1.82, 2.24) is 5.32 Å². The molecule has 0 saturated carbocycles. The molecule has 0 radical (unpaired) electrons. The highest BCUT2D eigenvalue weighted by Crippen LogP contribution is 1.96. The molecule has 0 saturated heterocycles. The summed E-state index contributed by atoms with van der Waals surface area (Å²) in [5.74, 6) is 0. The van der Waals surface area contributed by atoms with Gasteiger partial charge in [0.2, 0.25) is 0 Å². The first-order chi connectivity index (χ1) is 5.20. The Balaban J connectivity index is 3.42. The van der Waals surface area contributed by atoms with Gasteiger partial charge in [0.25, 0.3) is 0 Å². The van der Waals surface area contributed by atoms with Crippen LogP contribution in [-0.4, -0.2) is 12.1 Å². The van der Waals surface area contributed by atoms with Gasteiger partial charge in [0, 0.05) is 12.1 Å². The first-order valence-corrected chi connectivity index (χ1v) is 4.57. The monoisotopic (exact) mass is 155 g/mol. The first-order valence-electron chi connectivity index (χ1n) is 4.57. The van der Waals surface area contributed by atoms with E-state index in [0.29, 0.717) is 12.1 Å². The normalized spacial score (nSPS) is 17.1. The van der Waals surface area contributed by atoms with Gasteiger partial charge in [0.05, 0.1) is 0 Å². The molecule has 1 heteroatoms. The first kappa shape index (κ1) is 10.7. The Hall–Kier alpha value is -0.300. The van der Waals surface area contributed by atoms with Gasteiger partial charge in [-0.3, -0.25) is 0 Å². The molecule has 0 fully saturated rings. The van der Waals surface area contributed by atoms with Crippen LogP contribution < -0.4 is 5.32 Å². The smallest absolute Gasteiger partial charge is 0.00757 e. The van der Waals surface area contributed by atoms with Crippen LogP contribution in [-0.2, 0) is 0 Å². The van der Waals surface area contributed by atoms with Gasteiger partial charge in [-0.25, -0.2) is 0 Å². The van der Waals surface area contributed by atoms with Crippen LogP contribution in [0, 0.1) is 0 Å². The average Bonchev–Trinajstić information content (AvgIpc) is 2.00. The molecule has 0 aromatic heterocycles. The van der Waals surface area contributed by atoms with Crippen molar-refractivity contribution < 1.29 is 0 Å². The molecule has 0 rings (SSSR count). The lowest BCUT2D eigenvalue weighted by Crippen LogP contribution is -2.33. The van der Waals surface area contributed by atoms with Crippen LogP contribution in [0.4, 0.5) is 0 Å². The van der Waals surface area contributed by atoms with Crippen molar-refractivity contribution in [1.29, 1.82) is 0 Å². The van der Waals surface area contributed by atoms with E-state index in [2.05, 4.69) is 45.2 Å². The maximum atomic E-state index is 3.51. The molecule has 1 nitrogen and oxygen atoms in total. The number of hydrogen-bond donors (Lipinski definition) is 1. The van der Waals surface area contributed by atoms with Crippen molar-refractivity contribution in [3.8, 4) is 0 Å². The summed E-state index contributed by atoms with van der Waals surface area (Å²) in [6, 6.07) is 1.26. The maximum Gasteiger partial charge on any atom is 0.00757 e. The van der Waals surface area contributed by atoms with E-state index in [1.165, 1.54) is 6.42 Å². The second-order valence-corrected chi connectivity index (χ2v) is 3.18. The van der Waals surface area contributed by atoms with Crippen molar-refractivity contribution in [3.05, 3.63) is 12.2 Å². The SMILES string of the molecule is C/C=C/CC(C)NC(C)CC. The molecule has 0 bridgehead atoms. The number of allylic oxidation sites excluding steroid dienone is 1. The molecule has 0 aliphatic carbocycles. The molecule has 0 amide bonds. The topological polar surface area (TPSA) is 12.0 Å². The summed E-state index contributed by atoms with van der Waals surface area (Å²) in [4.78, 5) is 0. The third-order valence-electron chi connectivity index (χ3n) is 1.91. The molecule has 0 aliphatic rings. The average molecular weight is 155 g/mol. The van der Waals surface area contributed by atoms with Crippen LogP contribution in [0.5, 0.6) is 0 Å². The lowest BCUT2D eigenvalue weighted by atomic mass is 10.2. The summed E-state index contributed by atoms with van der Waals surface area (Å²) < 4.78 is 0. The molecule has 0 aromatic rings. The predicted molar refractivity (Wildman–Crippen MR) is 51.8 cm³/mol. The Morgan fingerprint density at radius 3 is 2.36 bits per heavy atom. The molecular weight excluding hydrogens is 134 g/mol. The molecule has 0 spiro atoms. The van der Waals surface area contributed by atoms with Gasteiger partial charge in [0.1, 0.15) is 0 Å². The highest BCUT2D eigenvalue weighted by atomic mass is 14.9. The van der Waals surface area contributed by atoms with Crippen molar-refractivity contribution in [3.63, 3.8) is 0 Å². The number of hydrogen-bond acceptors (Lipinski definition) is 1. The summed E-state index contributed by atoms with van der Waals surface area (Å²) in [5.41, 5.74) is 0. The van der Waals surface area contributed by atoms with Crippen LogP contribution in [0.3, 0.4) is 0 Å². The van der Waals surface area contributed by atoms with Crippen LogP contribution in [0.1, 0.15) is 40.5 Å². The fourth-order valence-corrected chi connectivity index (χ4v) is 1.01. The van der Waals surface area contributed by atoms with E-state index in [-0.39, 0.29) is 0 Å². The quantitative estimate of drug-likeness (QED) is 0.602. The van der Waals surface area contributed by atoms with Crippen molar-refractivity contribution in [2.45, 2.75) is 52.6 Å². The van der Waals surface area contributed by atoms with Crippen LogP contribution in [0.25, 0.3) is 0 Å². The van der Waals surface area contributed by atoms with E-state index in [1.54, 1.807) is 0 Å². The van der Waals surface area contributed by atoms with E-state index in [9.17, 15) is 0 Å². The Morgan fingerprint density at radius 2 is 1.91 bits per heavy atom. The standard InChI is InChI=1S/C10H21N/c1-5-7-8-10(4)11-9(3)6-2/h5,7,9-11H,6,8H2,1-4H3/b7-5+. The summed E-state index contributed by atoms with van der Waals surface area (Å²) in [7, 11) is 0. The second-order valence-electron chi connectivity index (χ2n) is 3.18. The molecule has 2 atom stereocenters. The second kappa shape index (κ2) is 6.41. The number of nitrogens with one attached hydrogen (secondary N) is 1. The van der Waals surface area contributed by atoms with Gasteiger partial charge in [0.15, 0.2) is 0 Å². The zero-order valence-electron chi connectivity index (χ0n) is 8.22. The molecule has 0 aromatic carbocycles. The predicted octanol–water partition coefficient (Wildman–Crippen LogP) is 2.73. The van der Waals surface area contributed by atoms with E-state index in [0.717, 1.165) is 6.42 Å². The van der Waals surface area contributed by atoms with Crippen molar-refractivity contribution in [2.24, 2.45) is 0 Å². The van der Waals surface area contributed by atoms with Gasteiger partial charge < -0.3 is 5.32 Å². The summed E-state index contributed by atoms with van der Waals surface area (Å²) in [6.07, 6.45) is 6.66. The molecule has 0 heterocycles. The van der Waals surface area contributed by atoms with Crippen LogP contribution in [0.15, 0.2) is 12.2 Å². The third-order valence-corrected chi connectivity index (χ3v) is 1.91. The Labute approximate surface area is 70.9 Å². The van der Waals surface area contributed by atoms with Crippen LogP contribution in [0.2, 0.25) is 0 Å². The van der Waals surface area contributed by atoms with Crippen LogP contribution >= 0.6 is 0 Å². The lowest BCUT2D eigenvalue weighted by Gasteiger charge is -2.16. The molecule has 0 aliphatic heterocycles. The minimum Gasteiger partial charge on any atom is -0.311 e. The van der Waals surface area contributed by atoms with Gasteiger partial charge in [-0.15, -0.1) is 0 Å². The maximum absolute atomic E-state index is 3.51. The summed E-state index contributed by atoms with van der Waals surface area (Å²) in [6.45, 7) is 8.73. The van der Waals surface area contributed by atoms with Gasteiger partial charge in [-0.05, 0) is 33.6 Å². The summed E-state index contributed by atoms with van der Waals surface area (Å²) >= 11 is 0. The Morgan fingerprint density at radius 1 is 1.27 bits per heavy atom. The Kier molecular flexibility index (Phi) is 6.24. The zero-order valence-corrected chi connectivity index (χ0v) is 8.22. The molecule has 2 unspecified atom stereocenters. The van der Waals surface area contributed by atoms with E-state index in [4.69, 9.17) is 0 Å². The lowest BCUT2D eigenvalue weighted by molar-refractivity contribution is 0.460. The Bertz CT molecular complexity index is 107. The molecule has 1 N–H and O–H groups in total.